The van der Waals surface area contributed by atoms with Crippen molar-refractivity contribution in [3.05, 3.63) is 0 Å². The molecule has 0 aliphatic carbocycles. The van der Waals surface area contributed by atoms with E-state index < -0.39 is 0 Å². The van der Waals surface area contributed by atoms with Gasteiger partial charge in [-0.25, -0.2) is 0 Å². The van der Waals surface area contributed by atoms with E-state index in [9.17, 15) is 4.79 Å². The molecule has 2 fully saturated rings. The summed E-state index contributed by atoms with van der Waals surface area (Å²) in [6, 6.07) is 0.0330. The van der Waals surface area contributed by atoms with Crippen molar-refractivity contribution in [1.82, 2.24) is 15.5 Å². The first-order valence-electron chi connectivity index (χ1n) is 7.07. The molecule has 2 aliphatic rings. The summed E-state index contributed by atoms with van der Waals surface area (Å²) in [5, 5.41) is 6.38. The van der Waals surface area contributed by atoms with Crippen molar-refractivity contribution >= 4 is 30.1 Å². The molecule has 2 aliphatic heterocycles. The molecule has 0 aromatic rings. The first-order valence-corrected chi connectivity index (χ1v) is 8.22. The lowest BCUT2D eigenvalue weighted by Crippen LogP contribution is -2.50. The molecule has 2 unspecified atom stereocenters. The molecule has 2 rings (SSSR count). The lowest BCUT2D eigenvalue weighted by Gasteiger charge is -2.28. The molecule has 0 saturated carbocycles. The molecule has 2 heterocycles. The Labute approximate surface area is 126 Å². The van der Waals surface area contributed by atoms with Gasteiger partial charge in [-0.05, 0) is 25.3 Å². The molecule has 0 aromatic heterocycles. The number of hydrogen-bond donors (Lipinski definition) is 2. The van der Waals surface area contributed by atoms with E-state index in [1.807, 2.05) is 11.8 Å². The van der Waals surface area contributed by atoms with E-state index in [2.05, 4.69) is 22.5 Å². The Morgan fingerprint density at radius 3 is 2.84 bits per heavy atom. The van der Waals surface area contributed by atoms with E-state index in [-0.39, 0.29) is 24.4 Å². The Kier molecular flexibility index (Phi) is 8.14. The fraction of sp³-hybridized carbons (Fsp3) is 0.923. The van der Waals surface area contributed by atoms with Gasteiger partial charge in [-0.3, -0.25) is 9.69 Å². The van der Waals surface area contributed by atoms with Gasteiger partial charge in [-0.2, -0.15) is 11.8 Å². The lowest BCUT2D eigenvalue weighted by molar-refractivity contribution is -0.124. The molecule has 6 heteroatoms. The normalized spacial score (nSPS) is 28.5. The van der Waals surface area contributed by atoms with Crippen molar-refractivity contribution in [2.45, 2.75) is 25.8 Å². The summed E-state index contributed by atoms with van der Waals surface area (Å²) in [4.78, 5) is 14.4. The number of carbonyl (C=O) groups excluding carboxylic acids is 1. The highest BCUT2D eigenvalue weighted by Gasteiger charge is 2.24. The van der Waals surface area contributed by atoms with E-state index in [1.165, 1.54) is 31.0 Å². The first kappa shape index (κ1) is 17.1. The van der Waals surface area contributed by atoms with Crippen LogP contribution in [0.15, 0.2) is 0 Å². The quantitative estimate of drug-likeness (QED) is 0.812. The third-order valence-corrected chi connectivity index (χ3v) is 4.76. The molecule has 0 bridgehead atoms. The maximum absolute atomic E-state index is 12.0. The Balaban J connectivity index is 0.00000180. The van der Waals surface area contributed by atoms with Gasteiger partial charge < -0.3 is 10.6 Å². The zero-order chi connectivity index (χ0) is 12.8. The number of halogens is 1. The molecule has 2 N–H and O–H groups in total. The fourth-order valence-electron chi connectivity index (χ4n) is 2.59. The third-order valence-electron chi connectivity index (χ3n) is 3.81. The van der Waals surface area contributed by atoms with Crippen LogP contribution in [0.25, 0.3) is 0 Å². The van der Waals surface area contributed by atoms with Crippen molar-refractivity contribution in [1.29, 1.82) is 0 Å². The summed E-state index contributed by atoms with van der Waals surface area (Å²) >= 11 is 2.02. The van der Waals surface area contributed by atoms with Crippen LogP contribution in [0.3, 0.4) is 0 Å². The SMILES string of the molecule is CC1CCNC(C(=O)NCCN2CCSCC2)C1.Cl. The van der Waals surface area contributed by atoms with Gasteiger partial charge in [0.05, 0.1) is 6.04 Å². The lowest BCUT2D eigenvalue weighted by atomic mass is 9.94. The molecule has 1 amide bonds. The Bertz CT molecular complexity index is 275. The van der Waals surface area contributed by atoms with Crippen molar-refractivity contribution in [2.75, 3.05) is 44.2 Å². The molecule has 2 saturated heterocycles. The monoisotopic (exact) mass is 307 g/mol. The highest BCUT2D eigenvalue weighted by Crippen LogP contribution is 2.14. The van der Waals surface area contributed by atoms with Gasteiger partial charge in [0, 0.05) is 37.7 Å². The molecule has 0 radical (unpaired) electrons. The van der Waals surface area contributed by atoms with E-state index in [0.717, 1.165) is 26.1 Å². The minimum Gasteiger partial charge on any atom is -0.353 e. The van der Waals surface area contributed by atoms with E-state index in [4.69, 9.17) is 0 Å². The number of carbonyl (C=O) groups is 1. The van der Waals surface area contributed by atoms with Crippen LogP contribution < -0.4 is 10.6 Å². The number of amides is 1. The second-order valence-electron chi connectivity index (χ2n) is 5.38. The summed E-state index contributed by atoms with van der Waals surface area (Å²) in [5.41, 5.74) is 0. The van der Waals surface area contributed by atoms with Crippen LogP contribution in [0.1, 0.15) is 19.8 Å². The van der Waals surface area contributed by atoms with Gasteiger partial charge in [-0.1, -0.05) is 6.92 Å². The zero-order valence-corrected chi connectivity index (χ0v) is 13.3. The number of thioether (sulfide) groups is 1. The second kappa shape index (κ2) is 9.06. The van der Waals surface area contributed by atoms with Crippen LogP contribution in [0.2, 0.25) is 0 Å². The largest absolute Gasteiger partial charge is 0.353 e. The number of rotatable bonds is 4. The fourth-order valence-corrected chi connectivity index (χ4v) is 3.57. The smallest absolute Gasteiger partial charge is 0.237 e. The average molecular weight is 308 g/mol. The van der Waals surface area contributed by atoms with Gasteiger partial charge in [0.15, 0.2) is 0 Å². The maximum atomic E-state index is 12.0. The van der Waals surface area contributed by atoms with Crippen molar-refractivity contribution < 1.29 is 4.79 Å². The van der Waals surface area contributed by atoms with Crippen LogP contribution in [0.4, 0.5) is 0 Å². The molecule has 19 heavy (non-hydrogen) atoms. The topological polar surface area (TPSA) is 44.4 Å². The van der Waals surface area contributed by atoms with E-state index in [1.54, 1.807) is 0 Å². The molecular formula is C13H26ClN3OS. The molecule has 0 spiro atoms. The van der Waals surface area contributed by atoms with E-state index in [0.29, 0.717) is 5.92 Å². The summed E-state index contributed by atoms with van der Waals surface area (Å²) in [5.74, 6) is 3.32. The minimum atomic E-state index is 0. The summed E-state index contributed by atoms with van der Waals surface area (Å²) < 4.78 is 0. The highest BCUT2D eigenvalue weighted by molar-refractivity contribution is 7.99. The molecular weight excluding hydrogens is 282 g/mol. The minimum absolute atomic E-state index is 0. The van der Waals surface area contributed by atoms with Crippen LogP contribution in [-0.4, -0.2) is 61.1 Å². The third kappa shape index (κ3) is 5.90. The summed E-state index contributed by atoms with van der Waals surface area (Å²) in [6.45, 7) is 7.32. The zero-order valence-electron chi connectivity index (χ0n) is 11.7. The van der Waals surface area contributed by atoms with Crippen molar-refractivity contribution in [3.8, 4) is 0 Å². The highest BCUT2D eigenvalue weighted by atomic mass is 35.5. The number of hydrogen-bond acceptors (Lipinski definition) is 4. The van der Waals surface area contributed by atoms with Crippen molar-refractivity contribution in [3.63, 3.8) is 0 Å². The van der Waals surface area contributed by atoms with Crippen molar-refractivity contribution in [2.24, 2.45) is 5.92 Å². The number of nitrogens with zero attached hydrogens (tertiary/aromatic N) is 1. The Hall–Kier alpha value is 0.0300. The summed E-state index contributed by atoms with van der Waals surface area (Å²) in [6.07, 6.45) is 2.17. The molecule has 112 valence electrons. The number of piperidine rings is 1. The molecule has 2 atom stereocenters. The standard InChI is InChI=1S/C13H25N3OS.ClH/c1-11-2-3-14-12(10-11)13(17)15-4-5-16-6-8-18-9-7-16;/h11-12,14H,2-10H2,1H3,(H,15,17);1H. The van der Waals surface area contributed by atoms with Crippen LogP contribution in [0.5, 0.6) is 0 Å². The predicted molar refractivity (Wildman–Crippen MR) is 84.2 cm³/mol. The van der Waals surface area contributed by atoms with Crippen LogP contribution >= 0.6 is 24.2 Å². The first-order chi connectivity index (χ1) is 8.75. The van der Waals surface area contributed by atoms with Gasteiger partial charge in [0.2, 0.25) is 5.91 Å². The van der Waals surface area contributed by atoms with Gasteiger partial charge in [-0.15, -0.1) is 12.4 Å². The summed E-state index contributed by atoms with van der Waals surface area (Å²) in [7, 11) is 0. The van der Waals surface area contributed by atoms with Gasteiger partial charge in [0.25, 0.3) is 0 Å². The van der Waals surface area contributed by atoms with Crippen LogP contribution in [0, 0.1) is 5.92 Å². The number of nitrogens with one attached hydrogen (secondary N) is 2. The van der Waals surface area contributed by atoms with Gasteiger partial charge in [0.1, 0.15) is 0 Å². The average Bonchev–Trinajstić information content (AvgIpc) is 2.40. The maximum Gasteiger partial charge on any atom is 0.237 e. The predicted octanol–water partition coefficient (Wildman–Crippen LogP) is 0.961. The van der Waals surface area contributed by atoms with E-state index >= 15 is 0 Å². The van der Waals surface area contributed by atoms with Crippen LogP contribution in [-0.2, 0) is 4.79 Å². The Morgan fingerprint density at radius 2 is 2.16 bits per heavy atom. The molecule has 0 aromatic carbocycles. The van der Waals surface area contributed by atoms with Gasteiger partial charge >= 0.3 is 0 Å². The Morgan fingerprint density at radius 1 is 1.42 bits per heavy atom. The second-order valence-corrected chi connectivity index (χ2v) is 6.61. The molecule has 4 nitrogen and oxygen atoms in total.